The summed E-state index contributed by atoms with van der Waals surface area (Å²) in [5, 5.41) is 12.2. The molecule has 2 N–H and O–H groups in total. The van der Waals surface area contributed by atoms with Gasteiger partial charge in [-0.15, -0.1) is 0 Å². The Kier molecular flexibility index (Phi) is 5.58. The van der Waals surface area contributed by atoms with Crippen LogP contribution in [0.4, 0.5) is 4.39 Å². The molecule has 1 aromatic rings. The number of benzene rings is 1. The number of halogens is 1. The lowest BCUT2D eigenvalue weighted by atomic mass is 10.1. The molecule has 96 valence electrons. The number of hydrogen-bond acceptors (Lipinski definition) is 3. The summed E-state index contributed by atoms with van der Waals surface area (Å²) in [5.41, 5.74) is 0.505. The smallest absolute Gasteiger partial charge is 0.131 e. The van der Waals surface area contributed by atoms with Crippen LogP contribution in [-0.4, -0.2) is 27.4 Å². The zero-order valence-electron chi connectivity index (χ0n) is 10.1. The Morgan fingerprint density at radius 1 is 1.53 bits per heavy atom. The molecule has 0 heterocycles. The third kappa shape index (κ3) is 4.44. The average Bonchev–Trinajstić information content (AvgIpc) is 2.28. The Morgan fingerprint density at radius 3 is 2.82 bits per heavy atom. The van der Waals surface area contributed by atoms with Crippen LogP contribution in [0.2, 0.25) is 0 Å². The van der Waals surface area contributed by atoms with E-state index in [4.69, 9.17) is 5.11 Å². The van der Waals surface area contributed by atoms with Crippen molar-refractivity contribution in [3.8, 4) is 5.75 Å². The Morgan fingerprint density at radius 2 is 2.24 bits per heavy atom. The number of rotatable bonds is 6. The van der Waals surface area contributed by atoms with Crippen LogP contribution in [-0.2, 0) is 10.8 Å². The van der Waals surface area contributed by atoms with Crippen LogP contribution in [0, 0.1) is 5.82 Å². The van der Waals surface area contributed by atoms with Gasteiger partial charge < -0.3 is 10.4 Å². The van der Waals surface area contributed by atoms with Crippen LogP contribution in [0.25, 0.3) is 0 Å². The van der Waals surface area contributed by atoms with E-state index in [1.165, 1.54) is 6.07 Å². The van der Waals surface area contributed by atoms with Crippen molar-refractivity contribution in [3.63, 3.8) is 0 Å². The third-order valence-electron chi connectivity index (χ3n) is 2.55. The molecule has 0 aliphatic carbocycles. The molecular weight excluding hydrogens is 241 g/mol. The van der Waals surface area contributed by atoms with E-state index in [9.17, 15) is 8.60 Å². The van der Waals surface area contributed by atoms with Crippen LogP contribution >= 0.6 is 0 Å². The van der Waals surface area contributed by atoms with Crippen molar-refractivity contribution in [2.24, 2.45) is 0 Å². The first kappa shape index (κ1) is 14.1. The predicted octanol–water partition coefficient (Wildman–Crippen LogP) is 1.95. The summed E-state index contributed by atoms with van der Waals surface area (Å²) in [6.45, 7) is 4.30. The van der Waals surface area contributed by atoms with Gasteiger partial charge in [0, 0.05) is 46.5 Å². The fourth-order valence-corrected chi connectivity index (χ4v) is 2.14. The monoisotopic (exact) mass is 259 g/mol. The van der Waals surface area contributed by atoms with Crippen molar-refractivity contribution < 1.29 is 13.7 Å². The van der Waals surface area contributed by atoms with E-state index in [-0.39, 0.29) is 11.8 Å². The Balaban J connectivity index is 2.52. The van der Waals surface area contributed by atoms with Crippen LogP contribution in [0.15, 0.2) is 18.2 Å². The molecule has 0 amide bonds. The van der Waals surface area contributed by atoms with Crippen LogP contribution in [0.5, 0.6) is 5.75 Å². The summed E-state index contributed by atoms with van der Waals surface area (Å²) in [7, 11) is -0.805. The zero-order valence-corrected chi connectivity index (χ0v) is 10.9. The summed E-state index contributed by atoms with van der Waals surface area (Å²) in [6.07, 6.45) is 0. The number of phenols is 1. The van der Waals surface area contributed by atoms with Gasteiger partial charge in [-0.25, -0.2) is 4.39 Å². The molecule has 2 unspecified atom stereocenters. The van der Waals surface area contributed by atoms with Gasteiger partial charge in [0.2, 0.25) is 0 Å². The van der Waals surface area contributed by atoms with E-state index in [1.807, 2.05) is 13.8 Å². The van der Waals surface area contributed by atoms with Gasteiger partial charge in [-0.05, 0) is 13.0 Å². The molecule has 0 saturated carbocycles. The third-order valence-corrected chi connectivity index (χ3v) is 3.86. The number of phenolic OH excluding ortho intramolecular Hbond substituents is 1. The minimum Gasteiger partial charge on any atom is -0.508 e. The number of aromatic hydroxyl groups is 1. The van der Waals surface area contributed by atoms with Crippen LogP contribution < -0.4 is 5.32 Å². The molecule has 0 spiro atoms. The first-order chi connectivity index (χ1) is 8.04. The Labute approximate surface area is 104 Å². The summed E-state index contributed by atoms with van der Waals surface area (Å²) in [5.74, 6) is 0.705. The van der Waals surface area contributed by atoms with Gasteiger partial charge in [-0.1, -0.05) is 13.0 Å². The molecule has 0 fully saturated rings. The summed E-state index contributed by atoms with van der Waals surface area (Å²) >= 11 is 0. The second-order valence-corrected chi connectivity index (χ2v) is 5.68. The van der Waals surface area contributed by atoms with E-state index in [0.29, 0.717) is 23.6 Å². The van der Waals surface area contributed by atoms with Crippen molar-refractivity contribution in [1.29, 1.82) is 0 Å². The second-order valence-electron chi connectivity index (χ2n) is 3.81. The van der Waals surface area contributed by atoms with E-state index < -0.39 is 16.6 Å². The van der Waals surface area contributed by atoms with E-state index in [0.717, 1.165) is 6.07 Å². The largest absolute Gasteiger partial charge is 0.508 e. The topological polar surface area (TPSA) is 49.3 Å². The molecule has 0 aliphatic rings. The molecule has 1 aromatic carbocycles. The highest BCUT2D eigenvalue weighted by Crippen LogP contribution is 2.20. The quantitative estimate of drug-likeness (QED) is 0.821. The molecule has 0 aliphatic heterocycles. The van der Waals surface area contributed by atoms with Gasteiger partial charge in [0.1, 0.15) is 11.6 Å². The maximum Gasteiger partial charge on any atom is 0.131 e. The molecule has 2 atom stereocenters. The fourth-order valence-electron chi connectivity index (χ4n) is 1.51. The highest BCUT2D eigenvalue weighted by atomic mass is 32.2. The van der Waals surface area contributed by atoms with Gasteiger partial charge in [-0.2, -0.15) is 0 Å². The van der Waals surface area contributed by atoms with Gasteiger partial charge in [0.05, 0.1) is 0 Å². The lowest BCUT2D eigenvalue weighted by Gasteiger charge is -2.14. The average molecular weight is 259 g/mol. The normalized spacial score (nSPS) is 14.5. The summed E-state index contributed by atoms with van der Waals surface area (Å²) in [4.78, 5) is 0. The highest BCUT2D eigenvalue weighted by molar-refractivity contribution is 7.84. The van der Waals surface area contributed by atoms with Crippen molar-refractivity contribution >= 4 is 10.8 Å². The second kappa shape index (κ2) is 6.71. The molecular formula is C12H18FNO2S. The van der Waals surface area contributed by atoms with Crippen LogP contribution in [0.1, 0.15) is 25.5 Å². The van der Waals surface area contributed by atoms with Crippen molar-refractivity contribution in [2.75, 3.05) is 18.1 Å². The molecule has 5 heteroatoms. The molecule has 0 bridgehead atoms. The Bertz CT molecular complexity index is 398. The maximum atomic E-state index is 13.5. The summed E-state index contributed by atoms with van der Waals surface area (Å²) in [6, 6.07) is 3.95. The van der Waals surface area contributed by atoms with Gasteiger partial charge in [0.15, 0.2) is 0 Å². The van der Waals surface area contributed by atoms with E-state index in [2.05, 4.69) is 5.32 Å². The number of hydrogen-bond donors (Lipinski definition) is 2. The number of nitrogens with one attached hydrogen (secondary N) is 1. The summed E-state index contributed by atoms with van der Waals surface area (Å²) < 4.78 is 24.7. The minimum absolute atomic E-state index is 0.0782. The fraction of sp³-hybridized carbons (Fsp3) is 0.500. The van der Waals surface area contributed by atoms with Crippen molar-refractivity contribution in [2.45, 2.75) is 19.9 Å². The van der Waals surface area contributed by atoms with Crippen LogP contribution in [0.3, 0.4) is 0 Å². The van der Waals surface area contributed by atoms with Gasteiger partial charge in [0.25, 0.3) is 0 Å². The SMILES string of the molecule is CCS(=O)CCNC(C)c1ccc(O)cc1F. The first-order valence-electron chi connectivity index (χ1n) is 5.61. The van der Waals surface area contributed by atoms with Gasteiger partial charge in [-0.3, -0.25) is 4.21 Å². The molecule has 0 aromatic heterocycles. The van der Waals surface area contributed by atoms with E-state index in [1.54, 1.807) is 6.07 Å². The first-order valence-corrected chi connectivity index (χ1v) is 7.10. The minimum atomic E-state index is -0.805. The molecule has 1 rings (SSSR count). The molecule has 0 saturated heterocycles. The van der Waals surface area contributed by atoms with E-state index >= 15 is 0 Å². The predicted molar refractivity (Wildman–Crippen MR) is 68.0 cm³/mol. The van der Waals surface area contributed by atoms with Crippen molar-refractivity contribution in [3.05, 3.63) is 29.6 Å². The molecule has 0 radical (unpaired) electrons. The zero-order chi connectivity index (χ0) is 12.8. The maximum absolute atomic E-state index is 13.5. The highest BCUT2D eigenvalue weighted by Gasteiger charge is 2.10. The van der Waals surface area contributed by atoms with Gasteiger partial charge >= 0.3 is 0 Å². The lowest BCUT2D eigenvalue weighted by Crippen LogP contribution is -2.24. The Hall–Kier alpha value is -0.940. The van der Waals surface area contributed by atoms with Crippen molar-refractivity contribution in [1.82, 2.24) is 5.32 Å². The lowest BCUT2D eigenvalue weighted by molar-refractivity contribution is 0.464. The molecule has 3 nitrogen and oxygen atoms in total. The molecule has 17 heavy (non-hydrogen) atoms. The standard InChI is InChI=1S/C12H18FNO2S/c1-3-17(16)7-6-14-9(2)11-5-4-10(15)8-12(11)13/h4-5,8-9,14-15H,3,6-7H2,1-2H3.